The molecular weight excluding hydrogens is 316 g/mol. The Hall–Kier alpha value is -1.40. The highest BCUT2D eigenvalue weighted by molar-refractivity contribution is 5.86. The lowest BCUT2D eigenvalue weighted by Crippen LogP contribution is -2.58. The van der Waals surface area contributed by atoms with E-state index in [-0.39, 0.29) is 5.91 Å². The smallest absolute Gasteiger partial charge is 0.255 e. The molecule has 1 atom stereocenters. The summed E-state index contributed by atoms with van der Waals surface area (Å²) in [4.78, 5) is 14.7. The summed E-state index contributed by atoms with van der Waals surface area (Å²) in [6.45, 7) is 2.67. The van der Waals surface area contributed by atoms with Gasteiger partial charge in [-0.1, -0.05) is 32.1 Å². The van der Waals surface area contributed by atoms with Gasteiger partial charge in [0.1, 0.15) is 0 Å². The number of carbonyl (C=O) groups is 1. The van der Waals surface area contributed by atoms with Gasteiger partial charge >= 0.3 is 0 Å². The summed E-state index contributed by atoms with van der Waals surface area (Å²) in [5.74, 6) is 0.690. The van der Waals surface area contributed by atoms with E-state index in [4.69, 9.17) is 0 Å². The number of aromatic nitrogens is 2. The zero-order valence-corrected chi connectivity index (χ0v) is 15.2. The quantitative estimate of drug-likeness (QED) is 0.627. The van der Waals surface area contributed by atoms with Crippen molar-refractivity contribution in [1.82, 2.24) is 20.4 Å². The fourth-order valence-electron chi connectivity index (χ4n) is 4.20. The first kappa shape index (κ1) is 18.4. The third-order valence-electron chi connectivity index (χ3n) is 5.80. The lowest BCUT2D eigenvalue weighted by Gasteiger charge is -2.39. The molecule has 0 radical (unpaired) electrons. The Kier molecular flexibility index (Phi) is 6.48. The van der Waals surface area contributed by atoms with Crippen molar-refractivity contribution in [2.75, 3.05) is 26.2 Å². The summed E-state index contributed by atoms with van der Waals surface area (Å²) in [7, 11) is 0. The molecule has 1 aromatic rings. The largest absolute Gasteiger partial charge is 0.379 e. The molecule has 6 nitrogen and oxygen atoms in total. The van der Waals surface area contributed by atoms with Crippen molar-refractivity contribution in [3.05, 3.63) is 18.0 Å². The van der Waals surface area contributed by atoms with Crippen molar-refractivity contribution >= 4 is 5.91 Å². The number of amides is 1. The molecule has 2 heterocycles. The van der Waals surface area contributed by atoms with Crippen molar-refractivity contribution in [2.24, 2.45) is 5.92 Å². The molecule has 0 bridgehead atoms. The van der Waals surface area contributed by atoms with Crippen LogP contribution < -0.4 is 5.32 Å². The molecule has 3 N–H and O–H groups in total. The molecule has 1 unspecified atom stereocenters. The fourth-order valence-corrected chi connectivity index (χ4v) is 4.20. The average Bonchev–Trinajstić information content (AvgIpc) is 3.15. The van der Waals surface area contributed by atoms with Gasteiger partial charge in [-0.15, -0.1) is 0 Å². The zero-order valence-electron chi connectivity index (χ0n) is 15.2. The molecule has 25 heavy (non-hydrogen) atoms. The highest BCUT2D eigenvalue weighted by Gasteiger charge is 2.41. The first-order valence-corrected chi connectivity index (χ1v) is 9.87. The van der Waals surface area contributed by atoms with E-state index in [1.165, 1.54) is 32.1 Å². The molecule has 1 saturated heterocycles. The molecule has 1 aliphatic heterocycles. The number of piperidine rings is 1. The highest BCUT2D eigenvalue weighted by atomic mass is 16.3. The molecule has 1 aromatic heterocycles. The SMILES string of the molecule is O=C1N(CCC2CCCCC2)CCCC1(O)CNCCc1cn[nH]c1. The zero-order chi connectivity index (χ0) is 17.5. The maximum atomic E-state index is 12.8. The number of aromatic amines is 1. The molecule has 2 aliphatic rings. The topological polar surface area (TPSA) is 81.2 Å². The van der Waals surface area contributed by atoms with E-state index in [0.717, 1.165) is 50.4 Å². The number of carbonyl (C=O) groups excluding carboxylic acids is 1. The maximum absolute atomic E-state index is 12.8. The van der Waals surface area contributed by atoms with Crippen LogP contribution in [0, 0.1) is 5.92 Å². The summed E-state index contributed by atoms with van der Waals surface area (Å²) in [6, 6.07) is 0. The molecule has 1 aliphatic carbocycles. The van der Waals surface area contributed by atoms with E-state index in [0.29, 0.717) is 13.0 Å². The minimum absolute atomic E-state index is 0.0784. The van der Waals surface area contributed by atoms with Crippen LogP contribution >= 0.6 is 0 Å². The molecule has 0 aromatic carbocycles. The van der Waals surface area contributed by atoms with Crippen LogP contribution in [-0.2, 0) is 11.2 Å². The van der Waals surface area contributed by atoms with Crippen molar-refractivity contribution in [2.45, 2.75) is 63.4 Å². The minimum Gasteiger partial charge on any atom is -0.379 e. The van der Waals surface area contributed by atoms with E-state index >= 15 is 0 Å². The summed E-state index contributed by atoms with van der Waals surface area (Å²) >= 11 is 0. The van der Waals surface area contributed by atoms with E-state index in [1.807, 2.05) is 11.1 Å². The summed E-state index contributed by atoms with van der Waals surface area (Å²) in [5, 5.41) is 20.8. The predicted octanol–water partition coefficient (Wildman–Crippen LogP) is 1.87. The van der Waals surface area contributed by atoms with Crippen LogP contribution in [0.1, 0.15) is 56.9 Å². The van der Waals surface area contributed by atoms with Gasteiger partial charge in [0.05, 0.1) is 6.20 Å². The molecule has 6 heteroatoms. The number of nitrogens with zero attached hydrogens (tertiary/aromatic N) is 2. The van der Waals surface area contributed by atoms with Crippen LogP contribution in [0.2, 0.25) is 0 Å². The van der Waals surface area contributed by atoms with E-state index in [2.05, 4.69) is 15.5 Å². The van der Waals surface area contributed by atoms with Crippen LogP contribution in [0.4, 0.5) is 0 Å². The predicted molar refractivity (Wildman–Crippen MR) is 97.1 cm³/mol. The number of nitrogens with one attached hydrogen (secondary N) is 2. The van der Waals surface area contributed by atoms with Gasteiger partial charge in [-0.3, -0.25) is 9.89 Å². The van der Waals surface area contributed by atoms with E-state index in [9.17, 15) is 9.90 Å². The van der Waals surface area contributed by atoms with Crippen molar-refractivity contribution in [1.29, 1.82) is 0 Å². The van der Waals surface area contributed by atoms with E-state index in [1.54, 1.807) is 6.20 Å². The lowest BCUT2D eigenvalue weighted by atomic mass is 9.86. The van der Waals surface area contributed by atoms with Crippen molar-refractivity contribution in [3.8, 4) is 0 Å². The number of likely N-dealkylation sites (tertiary alicyclic amines) is 1. The van der Waals surface area contributed by atoms with Crippen LogP contribution in [-0.4, -0.2) is 57.9 Å². The number of H-pyrrole nitrogens is 1. The molecule has 1 saturated carbocycles. The minimum atomic E-state index is -1.23. The second-order valence-corrected chi connectivity index (χ2v) is 7.75. The first-order valence-electron chi connectivity index (χ1n) is 9.87. The number of hydrogen-bond acceptors (Lipinski definition) is 4. The molecular formula is C19H32N4O2. The average molecular weight is 348 g/mol. The number of aliphatic hydroxyl groups is 1. The fraction of sp³-hybridized carbons (Fsp3) is 0.789. The molecule has 2 fully saturated rings. The van der Waals surface area contributed by atoms with E-state index < -0.39 is 5.60 Å². The van der Waals surface area contributed by atoms with Gasteiger partial charge in [-0.2, -0.15) is 5.10 Å². The van der Waals surface area contributed by atoms with Crippen molar-refractivity contribution < 1.29 is 9.90 Å². The third-order valence-corrected chi connectivity index (χ3v) is 5.80. The Balaban J connectivity index is 1.42. The van der Waals surface area contributed by atoms with Crippen LogP contribution in [0.15, 0.2) is 12.4 Å². The molecule has 140 valence electrons. The Bertz CT molecular complexity index is 528. The Morgan fingerprint density at radius 1 is 1.32 bits per heavy atom. The number of hydrogen-bond donors (Lipinski definition) is 3. The second-order valence-electron chi connectivity index (χ2n) is 7.75. The summed E-state index contributed by atoms with van der Waals surface area (Å²) in [6.07, 6.45) is 13.7. The lowest BCUT2D eigenvalue weighted by molar-refractivity contribution is -0.156. The van der Waals surface area contributed by atoms with Gasteiger partial charge in [-0.25, -0.2) is 0 Å². The maximum Gasteiger partial charge on any atom is 0.255 e. The summed E-state index contributed by atoms with van der Waals surface area (Å²) in [5.41, 5.74) is -0.107. The monoisotopic (exact) mass is 348 g/mol. The van der Waals surface area contributed by atoms with Gasteiger partial charge in [-0.05, 0) is 43.7 Å². The summed E-state index contributed by atoms with van der Waals surface area (Å²) < 4.78 is 0. The Morgan fingerprint density at radius 3 is 2.92 bits per heavy atom. The standard InChI is InChI=1S/C19H32N4O2/c24-18-19(25,15-20-10-7-17-13-21-22-14-17)9-4-11-23(18)12-8-16-5-2-1-3-6-16/h13-14,16,20,25H,1-12,15H2,(H,21,22). The molecule has 0 spiro atoms. The number of rotatable bonds is 8. The van der Waals surface area contributed by atoms with Gasteiger partial charge in [0, 0.05) is 25.8 Å². The van der Waals surface area contributed by atoms with Crippen LogP contribution in [0.5, 0.6) is 0 Å². The van der Waals surface area contributed by atoms with Gasteiger partial charge in [0.2, 0.25) is 0 Å². The Morgan fingerprint density at radius 2 is 2.16 bits per heavy atom. The highest BCUT2D eigenvalue weighted by Crippen LogP contribution is 2.28. The second kappa shape index (κ2) is 8.81. The van der Waals surface area contributed by atoms with Gasteiger partial charge in [0.15, 0.2) is 5.60 Å². The molecule has 1 amide bonds. The Labute approximate surface area is 150 Å². The van der Waals surface area contributed by atoms with Crippen molar-refractivity contribution in [3.63, 3.8) is 0 Å². The third kappa shape index (κ3) is 5.05. The molecule has 3 rings (SSSR count). The first-order chi connectivity index (χ1) is 12.2. The van der Waals surface area contributed by atoms with Crippen LogP contribution in [0.3, 0.4) is 0 Å². The van der Waals surface area contributed by atoms with Crippen LogP contribution in [0.25, 0.3) is 0 Å². The normalized spacial score (nSPS) is 25.5. The van der Waals surface area contributed by atoms with Gasteiger partial charge in [0.25, 0.3) is 5.91 Å². The van der Waals surface area contributed by atoms with Gasteiger partial charge < -0.3 is 15.3 Å².